The molecule has 28 heavy (non-hydrogen) atoms. The summed E-state index contributed by atoms with van der Waals surface area (Å²) in [7, 11) is 0. The van der Waals surface area contributed by atoms with E-state index < -0.39 is 0 Å². The van der Waals surface area contributed by atoms with E-state index in [1.165, 1.54) is 0 Å². The lowest BCUT2D eigenvalue weighted by atomic mass is 10.1. The number of thioether (sulfide) groups is 1. The third-order valence-electron chi connectivity index (χ3n) is 4.73. The highest BCUT2D eigenvalue weighted by molar-refractivity contribution is 8.00. The summed E-state index contributed by atoms with van der Waals surface area (Å²) in [5.41, 5.74) is 3.09. The van der Waals surface area contributed by atoms with E-state index in [-0.39, 0.29) is 0 Å². The van der Waals surface area contributed by atoms with E-state index in [1.54, 1.807) is 23.1 Å². The second-order valence-electron chi connectivity index (χ2n) is 6.38. The Hall–Kier alpha value is -2.49. The van der Waals surface area contributed by atoms with Crippen LogP contribution in [0.1, 0.15) is 0 Å². The molecule has 0 aliphatic carbocycles. The van der Waals surface area contributed by atoms with Gasteiger partial charge in [-0.05, 0) is 30.5 Å². The molecule has 0 atom stereocenters. The van der Waals surface area contributed by atoms with Crippen molar-refractivity contribution in [1.29, 1.82) is 0 Å². The Morgan fingerprint density at radius 2 is 2.07 bits per heavy atom. The number of hydrogen-bond donors (Lipinski definition) is 1. The fraction of sp³-hybridized carbons (Fsp3) is 0.263. The molecule has 7 nitrogen and oxygen atoms in total. The summed E-state index contributed by atoms with van der Waals surface area (Å²) in [5.74, 6) is 1.65. The van der Waals surface area contributed by atoms with Crippen molar-refractivity contribution in [2.45, 2.75) is 4.34 Å². The lowest BCUT2D eigenvalue weighted by Crippen LogP contribution is -2.36. The van der Waals surface area contributed by atoms with Gasteiger partial charge in [0, 0.05) is 47.5 Å². The van der Waals surface area contributed by atoms with Gasteiger partial charge in [-0.15, -0.1) is 10.2 Å². The van der Waals surface area contributed by atoms with Crippen molar-refractivity contribution in [3.8, 4) is 22.0 Å². The molecule has 9 heteroatoms. The zero-order chi connectivity index (χ0) is 18.9. The molecule has 0 saturated carbocycles. The Balaban J connectivity index is 1.54. The van der Waals surface area contributed by atoms with Crippen LogP contribution in [0.4, 0.5) is 5.82 Å². The summed E-state index contributed by atoms with van der Waals surface area (Å²) >= 11 is 3.21. The molecule has 142 valence electrons. The molecule has 0 bridgehead atoms. The number of aromatic nitrogens is 5. The molecule has 1 aliphatic rings. The standard InChI is InChI=1S/C19H18N6OS2/c1-27-19-24-23-18(28-19)12-2-3-15-13(10-12)14(11-21-15)17-20-5-4-16(22-17)25-6-8-26-9-7-25/h2-5,10-11,21H,6-9H2,1H3. The zero-order valence-corrected chi connectivity index (χ0v) is 16.9. The van der Waals surface area contributed by atoms with Gasteiger partial charge < -0.3 is 14.6 Å². The molecule has 4 heterocycles. The molecule has 0 spiro atoms. The predicted octanol–water partition coefficient (Wildman–Crippen LogP) is 3.70. The predicted molar refractivity (Wildman–Crippen MR) is 113 cm³/mol. The molecule has 0 radical (unpaired) electrons. The van der Waals surface area contributed by atoms with Gasteiger partial charge in [-0.25, -0.2) is 9.97 Å². The Morgan fingerprint density at radius 1 is 1.18 bits per heavy atom. The van der Waals surface area contributed by atoms with Crippen LogP contribution in [0.25, 0.3) is 32.9 Å². The van der Waals surface area contributed by atoms with E-state index in [4.69, 9.17) is 9.72 Å². The van der Waals surface area contributed by atoms with Gasteiger partial charge in [0.15, 0.2) is 10.2 Å². The first-order valence-electron chi connectivity index (χ1n) is 8.97. The first-order chi connectivity index (χ1) is 13.8. The molecule has 5 rings (SSSR count). The smallest absolute Gasteiger partial charge is 0.174 e. The molecule has 1 N–H and O–H groups in total. The monoisotopic (exact) mass is 410 g/mol. The number of nitrogens with zero attached hydrogens (tertiary/aromatic N) is 5. The highest BCUT2D eigenvalue weighted by Gasteiger charge is 2.16. The number of H-pyrrole nitrogens is 1. The van der Waals surface area contributed by atoms with Crippen LogP contribution in [0.3, 0.4) is 0 Å². The zero-order valence-electron chi connectivity index (χ0n) is 15.3. The molecular weight excluding hydrogens is 392 g/mol. The van der Waals surface area contributed by atoms with Crippen molar-refractivity contribution in [3.63, 3.8) is 0 Å². The van der Waals surface area contributed by atoms with E-state index in [1.807, 2.05) is 24.7 Å². The molecule has 0 amide bonds. The molecule has 1 fully saturated rings. The Kier molecular flexibility index (Phi) is 4.71. The number of fused-ring (bicyclic) bond motifs is 1. The maximum absolute atomic E-state index is 5.44. The van der Waals surface area contributed by atoms with Crippen LogP contribution in [-0.2, 0) is 4.74 Å². The van der Waals surface area contributed by atoms with E-state index in [0.717, 1.165) is 69.3 Å². The number of hydrogen-bond acceptors (Lipinski definition) is 8. The van der Waals surface area contributed by atoms with Crippen molar-refractivity contribution in [3.05, 3.63) is 36.7 Å². The van der Waals surface area contributed by atoms with Gasteiger partial charge in [-0.1, -0.05) is 23.1 Å². The summed E-state index contributed by atoms with van der Waals surface area (Å²) in [6.45, 7) is 3.16. The van der Waals surface area contributed by atoms with E-state index >= 15 is 0 Å². The van der Waals surface area contributed by atoms with E-state index in [0.29, 0.717) is 0 Å². The third kappa shape index (κ3) is 3.25. The summed E-state index contributed by atoms with van der Waals surface area (Å²) in [6.07, 6.45) is 5.81. The SMILES string of the molecule is CSc1nnc(-c2ccc3[nH]cc(-c4nccc(N5CCOCC5)n4)c3c2)s1. The first kappa shape index (κ1) is 17.6. The van der Waals surface area contributed by atoms with Crippen LogP contribution in [0.15, 0.2) is 41.0 Å². The van der Waals surface area contributed by atoms with Gasteiger partial charge in [-0.3, -0.25) is 0 Å². The van der Waals surface area contributed by atoms with Crippen LogP contribution in [0, 0.1) is 0 Å². The summed E-state index contributed by atoms with van der Waals surface area (Å²) < 4.78 is 6.41. The van der Waals surface area contributed by atoms with Gasteiger partial charge in [0.2, 0.25) is 0 Å². The first-order valence-corrected chi connectivity index (χ1v) is 11.0. The van der Waals surface area contributed by atoms with Crippen molar-refractivity contribution in [2.75, 3.05) is 37.5 Å². The second-order valence-corrected chi connectivity index (χ2v) is 8.41. The molecule has 1 aliphatic heterocycles. The summed E-state index contributed by atoms with van der Waals surface area (Å²) in [4.78, 5) is 14.9. The minimum Gasteiger partial charge on any atom is -0.378 e. The number of anilines is 1. The van der Waals surface area contributed by atoms with Gasteiger partial charge in [-0.2, -0.15) is 0 Å². The summed E-state index contributed by atoms with van der Waals surface area (Å²) in [5, 5.41) is 10.5. The van der Waals surface area contributed by atoms with Crippen LogP contribution in [0.5, 0.6) is 0 Å². The highest BCUT2D eigenvalue weighted by atomic mass is 32.2. The van der Waals surface area contributed by atoms with Crippen molar-refractivity contribution in [1.82, 2.24) is 25.1 Å². The number of ether oxygens (including phenoxy) is 1. The van der Waals surface area contributed by atoms with Crippen LogP contribution in [-0.4, -0.2) is 57.7 Å². The Labute approximate surface area is 170 Å². The van der Waals surface area contributed by atoms with Crippen LogP contribution in [0.2, 0.25) is 0 Å². The number of rotatable bonds is 4. The molecule has 1 saturated heterocycles. The lowest BCUT2D eigenvalue weighted by molar-refractivity contribution is 0.122. The normalized spacial score (nSPS) is 14.7. The van der Waals surface area contributed by atoms with Crippen molar-refractivity contribution >= 4 is 39.8 Å². The maximum Gasteiger partial charge on any atom is 0.174 e. The lowest BCUT2D eigenvalue weighted by Gasteiger charge is -2.27. The van der Waals surface area contributed by atoms with Crippen molar-refractivity contribution in [2.24, 2.45) is 0 Å². The molecule has 4 aromatic rings. The van der Waals surface area contributed by atoms with Crippen LogP contribution >= 0.6 is 23.1 Å². The quantitative estimate of drug-likeness (QED) is 0.514. The maximum atomic E-state index is 5.44. The number of aromatic amines is 1. The molecule has 3 aromatic heterocycles. The minimum atomic E-state index is 0.717. The number of morpholine rings is 1. The average molecular weight is 411 g/mol. The fourth-order valence-electron chi connectivity index (χ4n) is 3.30. The minimum absolute atomic E-state index is 0.717. The fourth-order valence-corrected chi connectivity index (χ4v) is 4.56. The van der Waals surface area contributed by atoms with Gasteiger partial charge in [0.25, 0.3) is 0 Å². The topological polar surface area (TPSA) is 79.8 Å². The Morgan fingerprint density at radius 3 is 2.89 bits per heavy atom. The third-order valence-corrected chi connectivity index (χ3v) is 6.67. The van der Waals surface area contributed by atoms with Crippen LogP contribution < -0.4 is 4.90 Å². The summed E-state index contributed by atoms with van der Waals surface area (Å²) in [6, 6.07) is 8.23. The molecule has 1 aromatic carbocycles. The van der Waals surface area contributed by atoms with E-state index in [2.05, 4.69) is 43.3 Å². The largest absolute Gasteiger partial charge is 0.378 e. The Bertz CT molecular complexity index is 1120. The number of nitrogens with one attached hydrogen (secondary N) is 1. The van der Waals surface area contributed by atoms with Crippen molar-refractivity contribution < 1.29 is 4.74 Å². The second kappa shape index (κ2) is 7.50. The van der Waals surface area contributed by atoms with E-state index in [9.17, 15) is 0 Å². The average Bonchev–Trinajstić information content (AvgIpc) is 3.41. The van der Waals surface area contributed by atoms with Gasteiger partial charge in [0.1, 0.15) is 10.8 Å². The molecule has 0 unspecified atom stereocenters. The van der Waals surface area contributed by atoms with Gasteiger partial charge in [0.05, 0.1) is 13.2 Å². The molecular formula is C19H18N6OS2. The van der Waals surface area contributed by atoms with Gasteiger partial charge >= 0.3 is 0 Å². The highest BCUT2D eigenvalue weighted by Crippen LogP contribution is 2.33. The number of benzene rings is 1.